The molecule has 126 valence electrons. The van der Waals surface area contributed by atoms with Crippen molar-refractivity contribution < 1.29 is 24.2 Å². The molecule has 0 aliphatic carbocycles. The first-order chi connectivity index (χ1) is 11.5. The molecule has 2 heterocycles. The van der Waals surface area contributed by atoms with E-state index in [1.807, 2.05) is 0 Å². The second-order valence-corrected chi connectivity index (χ2v) is 5.49. The van der Waals surface area contributed by atoms with Gasteiger partial charge in [0.15, 0.2) is 11.2 Å². The fraction of sp³-hybridized carbons (Fsp3) is 0.312. The van der Waals surface area contributed by atoms with Crippen LogP contribution in [0.25, 0.3) is 5.69 Å². The Bertz CT molecular complexity index is 747. The van der Waals surface area contributed by atoms with Gasteiger partial charge in [0, 0.05) is 19.2 Å². The number of methoxy groups -OCH3 is 1. The third-order valence-electron chi connectivity index (χ3n) is 3.94. The predicted molar refractivity (Wildman–Crippen MR) is 83.4 cm³/mol. The molecule has 1 fully saturated rings. The predicted octanol–water partition coefficient (Wildman–Crippen LogP) is 0.854. The topological polar surface area (TPSA) is 103 Å². The van der Waals surface area contributed by atoms with Crippen LogP contribution in [0.1, 0.15) is 16.9 Å². The lowest BCUT2D eigenvalue weighted by atomic mass is 9.99. The molecular formula is C16H17N3O5. The molecule has 0 spiro atoms. The maximum absolute atomic E-state index is 12.3. The number of nitrogens with one attached hydrogen (secondary N) is 1. The fourth-order valence-corrected chi connectivity index (χ4v) is 2.49. The summed E-state index contributed by atoms with van der Waals surface area (Å²) in [6.45, 7) is 0.250. The van der Waals surface area contributed by atoms with Gasteiger partial charge in [-0.1, -0.05) is 0 Å². The van der Waals surface area contributed by atoms with Gasteiger partial charge in [0.05, 0.1) is 19.4 Å². The van der Waals surface area contributed by atoms with E-state index < -0.39 is 17.4 Å². The summed E-state index contributed by atoms with van der Waals surface area (Å²) in [6, 6.07) is 8.71. The van der Waals surface area contributed by atoms with Crippen molar-refractivity contribution in [1.29, 1.82) is 0 Å². The maximum Gasteiger partial charge on any atom is 0.331 e. The van der Waals surface area contributed by atoms with Crippen LogP contribution >= 0.6 is 0 Å². The molecule has 1 atom stereocenters. The van der Waals surface area contributed by atoms with E-state index in [2.05, 4.69) is 10.4 Å². The Morgan fingerprint density at radius 1 is 1.33 bits per heavy atom. The number of rotatable bonds is 5. The largest absolute Gasteiger partial charge is 0.497 e. The Hall–Kier alpha value is -2.87. The van der Waals surface area contributed by atoms with Crippen molar-refractivity contribution in [2.24, 2.45) is 0 Å². The molecular weight excluding hydrogens is 314 g/mol. The molecule has 1 aromatic carbocycles. The Kier molecular flexibility index (Phi) is 4.22. The first-order valence-corrected chi connectivity index (χ1v) is 7.38. The Morgan fingerprint density at radius 2 is 2.08 bits per heavy atom. The van der Waals surface area contributed by atoms with Crippen LogP contribution in [0.15, 0.2) is 36.5 Å². The number of benzene rings is 1. The highest BCUT2D eigenvalue weighted by Crippen LogP contribution is 2.20. The molecule has 1 aliphatic heterocycles. The highest BCUT2D eigenvalue weighted by Gasteiger charge is 2.44. The van der Waals surface area contributed by atoms with Crippen molar-refractivity contribution in [2.45, 2.75) is 12.0 Å². The van der Waals surface area contributed by atoms with Gasteiger partial charge in [-0.15, -0.1) is 0 Å². The van der Waals surface area contributed by atoms with Gasteiger partial charge in [0.1, 0.15) is 5.75 Å². The molecule has 2 aromatic rings. The second kappa shape index (κ2) is 6.32. The van der Waals surface area contributed by atoms with E-state index in [-0.39, 0.29) is 18.7 Å². The molecule has 1 amide bonds. The number of nitrogens with zero attached hydrogens (tertiary/aromatic N) is 2. The van der Waals surface area contributed by atoms with E-state index in [0.717, 1.165) is 5.69 Å². The Balaban J connectivity index is 1.77. The zero-order chi connectivity index (χ0) is 17.2. The number of aromatic nitrogens is 2. The highest BCUT2D eigenvalue weighted by molar-refractivity contribution is 5.96. The lowest BCUT2D eigenvalue weighted by Gasteiger charge is -2.22. The van der Waals surface area contributed by atoms with Gasteiger partial charge in [-0.25, -0.2) is 9.48 Å². The zero-order valence-electron chi connectivity index (χ0n) is 13.1. The molecule has 0 radical (unpaired) electrons. The van der Waals surface area contributed by atoms with Crippen molar-refractivity contribution in [3.05, 3.63) is 42.2 Å². The summed E-state index contributed by atoms with van der Waals surface area (Å²) in [6.07, 6.45) is 1.86. The minimum atomic E-state index is -1.39. The second-order valence-electron chi connectivity index (χ2n) is 5.49. The molecule has 8 heteroatoms. The molecule has 1 unspecified atom stereocenters. The summed E-state index contributed by atoms with van der Waals surface area (Å²) in [5.41, 5.74) is -0.494. The van der Waals surface area contributed by atoms with E-state index in [1.165, 1.54) is 10.7 Å². The summed E-state index contributed by atoms with van der Waals surface area (Å²) < 4.78 is 11.8. The van der Waals surface area contributed by atoms with Gasteiger partial charge in [0.25, 0.3) is 5.91 Å². The lowest BCUT2D eigenvalue weighted by Crippen LogP contribution is -2.55. The number of aliphatic carboxylic acids is 1. The van der Waals surface area contributed by atoms with Gasteiger partial charge in [0.2, 0.25) is 0 Å². The van der Waals surface area contributed by atoms with Gasteiger partial charge in [-0.05, 0) is 30.3 Å². The average Bonchev–Trinajstić information content (AvgIpc) is 3.25. The summed E-state index contributed by atoms with van der Waals surface area (Å²) in [5, 5.41) is 16.1. The molecule has 0 saturated carbocycles. The molecule has 1 aliphatic rings. The molecule has 3 rings (SSSR count). The number of hydrogen-bond acceptors (Lipinski definition) is 5. The number of ether oxygens (including phenoxy) is 2. The van der Waals surface area contributed by atoms with Crippen LogP contribution in [0, 0.1) is 0 Å². The lowest BCUT2D eigenvalue weighted by molar-refractivity contribution is -0.144. The van der Waals surface area contributed by atoms with Crippen LogP contribution in [-0.4, -0.2) is 52.6 Å². The van der Waals surface area contributed by atoms with E-state index in [4.69, 9.17) is 9.47 Å². The van der Waals surface area contributed by atoms with Crippen molar-refractivity contribution in [2.75, 3.05) is 20.3 Å². The number of carboxylic acid groups (broad SMARTS) is 1. The third kappa shape index (κ3) is 2.95. The van der Waals surface area contributed by atoms with Crippen molar-refractivity contribution in [3.63, 3.8) is 0 Å². The van der Waals surface area contributed by atoms with Crippen LogP contribution in [-0.2, 0) is 9.53 Å². The van der Waals surface area contributed by atoms with E-state index in [9.17, 15) is 14.7 Å². The first kappa shape index (κ1) is 16.0. The number of carboxylic acids is 1. The first-order valence-electron chi connectivity index (χ1n) is 7.38. The standard InChI is InChI=1S/C16H17N3O5/c1-23-12-4-2-11(3-5-12)19-8-6-13(18-19)14(20)17-16(15(21)22)7-9-24-10-16/h2-6,8H,7,9-10H2,1H3,(H,17,20)(H,21,22). The molecule has 24 heavy (non-hydrogen) atoms. The number of carbonyl (C=O) groups excluding carboxylic acids is 1. The zero-order valence-corrected chi connectivity index (χ0v) is 13.1. The van der Waals surface area contributed by atoms with Gasteiger partial charge in [-0.3, -0.25) is 4.79 Å². The average molecular weight is 331 g/mol. The van der Waals surface area contributed by atoms with Gasteiger partial charge >= 0.3 is 5.97 Å². The van der Waals surface area contributed by atoms with Crippen LogP contribution < -0.4 is 10.1 Å². The number of hydrogen-bond donors (Lipinski definition) is 2. The van der Waals surface area contributed by atoms with Crippen LogP contribution in [0.5, 0.6) is 5.75 Å². The molecule has 1 saturated heterocycles. The van der Waals surface area contributed by atoms with Crippen molar-refractivity contribution in [1.82, 2.24) is 15.1 Å². The van der Waals surface area contributed by atoms with Gasteiger partial charge in [-0.2, -0.15) is 5.10 Å². The molecule has 0 bridgehead atoms. The number of carbonyl (C=O) groups is 2. The smallest absolute Gasteiger partial charge is 0.331 e. The molecule has 8 nitrogen and oxygen atoms in total. The quantitative estimate of drug-likeness (QED) is 0.842. The normalized spacial score (nSPS) is 19.9. The van der Waals surface area contributed by atoms with Crippen LogP contribution in [0.2, 0.25) is 0 Å². The van der Waals surface area contributed by atoms with Crippen molar-refractivity contribution >= 4 is 11.9 Å². The minimum Gasteiger partial charge on any atom is -0.497 e. The molecule has 1 aromatic heterocycles. The SMILES string of the molecule is COc1ccc(-n2ccc(C(=O)NC3(C(=O)O)CCOC3)n2)cc1. The van der Waals surface area contributed by atoms with Crippen molar-refractivity contribution in [3.8, 4) is 11.4 Å². The highest BCUT2D eigenvalue weighted by atomic mass is 16.5. The summed E-state index contributed by atoms with van der Waals surface area (Å²) >= 11 is 0. The number of amides is 1. The van der Waals surface area contributed by atoms with Crippen LogP contribution in [0.3, 0.4) is 0 Å². The van der Waals surface area contributed by atoms with E-state index in [0.29, 0.717) is 12.4 Å². The Labute approximate surface area is 138 Å². The van der Waals surface area contributed by atoms with Crippen LogP contribution in [0.4, 0.5) is 0 Å². The maximum atomic E-state index is 12.3. The third-order valence-corrected chi connectivity index (χ3v) is 3.94. The van der Waals surface area contributed by atoms with Gasteiger partial charge < -0.3 is 19.9 Å². The van der Waals surface area contributed by atoms with E-state index >= 15 is 0 Å². The Morgan fingerprint density at radius 3 is 2.67 bits per heavy atom. The summed E-state index contributed by atoms with van der Waals surface area (Å²) in [7, 11) is 1.58. The monoisotopic (exact) mass is 331 g/mol. The van der Waals surface area contributed by atoms with E-state index in [1.54, 1.807) is 37.6 Å². The fourth-order valence-electron chi connectivity index (χ4n) is 2.49. The summed E-state index contributed by atoms with van der Waals surface area (Å²) in [4.78, 5) is 23.8. The minimum absolute atomic E-state index is 0.0484. The molecule has 2 N–H and O–H groups in total. The summed E-state index contributed by atoms with van der Waals surface area (Å²) in [5.74, 6) is -0.938.